The molecule has 1 aliphatic heterocycles. The lowest BCUT2D eigenvalue weighted by Gasteiger charge is -2.12. The average Bonchev–Trinajstić information content (AvgIpc) is 2.52. The van der Waals surface area contributed by atoms with Gasteiger partial charge in [0.15, 0.2) is 0 Å². The molecule has 3 N–H and O–H groups in total. The van der Waals surface area contributed by atoms with Gasteiger partial charge in [0.1, 0.15) is 0 Å². The molecule has 11 heavy (non-hydrogen) atoms. The summed E-state index contributed by atoms with van der Waals surface area (Å²) >= 11 is 0. The molecule has 1 fully saturated rings. The predicted octanol–water partition coefficient (Wildman–Crippen LogP) is -1.28. The minimum absolute atomic E-state index is 0.180. The van der Waals surface area contributed by atoms with Gasteiger partial charge in [0.2, 0.25) is 0 Å². The molecule has 1 saturated heterocycles. The molecule has 0 aliphatic carbocycles. The molecule has 0 aromatic heterocycles. The third-order valence-electron chi connectivity index (χ3n) is 1.78. The Bertz CT molecular complexity index is 104. The fraction of sp³-hybridized carbons (Fsp3) is 1.00. The maximum Gasteiger partial charge on any atom is 0.0895 e. The summed E-state index contributed by atoms with van der Waals surface area (Å²) in [7, 11) is 0. The molecule has 0 amide bonds. The minimum Gasteiger partial charge on any atom is -0.394 e. The van der Waals surface area contributed by atoms with Gasteiger partial charge in [-0.2, -0.15) is 0 Å². The van der Waals surface area contributed by atoms with E-state index >= 15 is 0 Å². The van der Waals surface area contributed by atoms with Crippen molar-refractivity contribution in [2.45, 2.75) is 18.6 Å². The second-order valence-corrected chi connectivity index (χ2v) is 2.81. The molecule has 0 saturated carbocycles. The summed E-state index contributed by atoms with van der Waals surface area (Å²) in [6, 6.07) is 0.358. The van der Waals surface area contributed by atoms with Crippen LogP contribution in [-0.2, 0) is 4.74 Å². The molecule has 0 spiro atoms. The summed E-state index contributed by atoms with van der Waals surface area (Å²) < 4.78 is 5.12. The van der Waals surface area contributed by atoms with Crippen molar-refractivity contribution in [2.24, 2.45) is 0 Å². The standard InChI is InChI=1S/C7H15NO3/c9-4-7(10)3-8-6-1-2-11-5-6/h6-10H,1-5H2. The SMILES string of the molecule is OCC(O)CNC1CCOC1. The van der Waals surface area contributed by atoms with Crippen molar-refractivity contribution in [3.05, 3.63) is 0 Å². The zero-order chi connectivity index (χ0) is 8.10. The van der Waals surface area contributed by atoms with E-state index in [1.165, 1.54) is 0 Å². The van der Waals surface area contributed by atoms with Gasteiger partial charge in [-0.15, -0.1) is 0 Å². The zero-order valence-corrected chi connectivity index (χ0v) is 6.49. The van der Waals surface area contributed by atoms with Crippen LogP contribution in [-0.4, -0.2) is 48.7 Å². The molecular weight excluding hydrogens is 146 g/mol. The highest BCUT2D eigenvalue weighted by atomic mass is 16.5. The van der Waals surface area contributed by atoms with Crippen LogP contribution in [0.4, 0.5) is 0 Å². The summed E-state index contributed by atoms with van der Waals surface area (Å²) in [5.74, 6) is 0. The molecule has 0 aromatic rings. The number of aliphatic hydroxyl groups excluding tert-OH is 2. The first-order valence-corrected chi connectivity index (χ1v) is 3.93. The summed E-state index contributed by atoms with van der Waals surface area (Å²) in [6.45, 7) is 1.79. The highest BCUT2D eigenvalue weighted by Gasteiger charge is 2.15. The van der Waals surface area contributed by atoms with E-state index < -0.39 is 6.10 Å². The lowest BCUT2D eigenvalue weighted by Crippen LogP contribution is -2.37. The maximum atomic E-state index is 8.96. The Balaban J connectivity index is 2.01. The summed E-state index contributed by atoms with van der Waals surface area (Å²) in [5, 5.41) is 20.5. The van der Waals surface area contributed by atoms with Crippen LogP contribution in [0.1, 0.15) is 6.42 Å². The number of ether oxygens (including phenoxy) is 1. The number of nitrogens with one attached hydrogen (secondary N) is 1. The lowest BCUT2D eigenvalue weighted by molar-refractivity contribution is 0.0909. The van der Waals surface area contributed by atoms with Crippen molar-refractivity contribution in [1.82, 2.24) is 5.32 Å². The van der Waals surface area contributed by atoms with Crippen LogP contribution >= 0.6 is 0 Å². The van der Waals surface area contributed by atoms with E-state index in [2.05, 4.69) is 5.32 Å². The van der Waals surface area contributed by atoms with Crippen LogP contribution in [0.2, 0.25) is 0 Å². The monoisotopic (exact) mass is 161 g/mol. The quantitative estimate of drug-likeness (QED) is 0.480. The normalized spacial score (nSPS) is 27.3. The molecule has 2 atom stereocenters. The first-order chi connectivity index (χ1) is 5.33. The van der Waals surface area contributed by atoms with E-state index in [0.717, 1.165) is 19.6 Å². The lowest BCUT2D eigenvalue weighted by atomic mass is 10.2. The minimum atomic E-state index is -0.643. The Morgan fingerprint density at radius 1 is 1.64 bits per heavy atom. The number of aliphatic hydroxyl groups is 2. The fourth-order valence-corrected chi connectivity index (χ4v) is 1.06. The van der Waals surface area contributed by atoms with Gasteiger partial charge in [0, 0.05) is 19.2 Å². The molecule has 4 heteroatoms. The van der Waals surface area contributed by atoms with Gasteiger partial charge in [-0.25, -0.2) is 0 Å². The highest BCUT2D eigenvalue weighted by Crippen LogP contribution is 2.02. The number of hydrogen-bond donors (Lipinski definition) is 3. The zero-order valence-electron chi connectivity index (χ0n) is 6.49. The maximum absolute atomic E-state index is 8.96. The van der Waals surface area contributed by atoms with Gasteiger partial charge in [-0.05, 0) is 6.42 Å². The molecule has 1 aliphatic rings. The van der Waals surface area contributed by atoms with E-state index in [4.69, 9.17) is 14.9 Å². The third-order valence-corrected chi connectivity index (χ3v) is 1.78. The van der Waals surface area contributed by atoms with Gasteiger partial charge in [0.05, 0.1) is 19.3 Å². The van der Waals surface area contributed by atoms with E-state index in [0.29, 0.717) is 12.6 Å². The van der Waals surface area contributed by atoms with Crippen molar-refractivity contribution in [2.75, 3.05) is 26.4 Å². The highest BCUT2D eigenvalue weighted by molar-refractivity contribution is 4.72. The van der Waals surface area contributed by atoms with Crippen LogP contribution in [0.25, 0.3) is 0 Å². The van der Waals surface area contributed by atoms with Crippen molar-refractivity contribution < 1.29 is 14.9 Å². The van der Waals surface area contributed by atoms with E-state index in [1.807, 2.05) is 0 Å². The molecular formula is C7H15NO3. The van der Waals surface area contributed by atoms with Crippen molar-refractivity contribution in [3.63, 3.8) is 0 Å². The average molecular weight is 161 g/mol. The van der Waals surface area contributed by atoms with Gasteiger partial charge in [-0.3, -0.25) is 0 Å². The van der Waals surface area contributed by atoms with Gasteiger partial charge < -0.3 is 20.3 Å². The molecule has 4 nitrogen and oxygen atoms in total. The molecule has 0 radical (unpaired) electrons. The Morgan fingerprint density at radius 2 is 2.45 bits per heavy atom. The first kappa shape index (κ1) is 8.93. The predicted molar refractivity (Wildman–Crippen MR) is 40.3 cm³/mol. The third kappa shape index (κ3) is 3.16. The Labute approximate surface area is 66.2 Å². The van der Waals surface area contributed by atoms with Crippen molar-refractivity contribution >= 4 is 0 Å². The van der Waals surface area contributed by atoms with Gasteiger partial charge in [0.25, 0.3) is 0 Å². The topological polar surface area (TPSA) is 61.7 Å². The van der Waals surface area contributed by atoms with E-state index in [9.17, 15) is 0 Å². The Kier molecular flexibility index (Phi) is 3.79. The Hall–Kier alpha value is -0.160. The van der Waals surface area contributed by atoms with Gasteiger partial charge in [-0.1, -0.05) is 0 Å². The number of hydrogen-bond acceptors (Lipinski definition) is 4. The molecule has 0 bridgehead atoms. The van der Waals surface area contributed by atoms with Gasteiger partial charge >= 0.3 is 0 Å². The second-order valence-electron chi connectivity index (χ2n) is 2.81. The largest absolute Gasteiger partial charge is 0.394 e. The summed E-state index contributed by atoms with van der Waals surface area (Å²) in [4.78, 5) is 0. The smallest absolute Gasteiger partial charge is 0.0895 e. The molecule has 66 valence electrons. The first-order valence-electron chi connectivity index (χ1n) is 3.93. The van der Waals surface area contributed by atoms with Crippen molar-refractivity contribution in [3.8, 4) is 0 Å². The van der Waals surface area contributed by atoms with Crippen LogP contribution < -0.4 is 5.32 Å². The van der Waals surface area contributed by atoms with E-state index in [-0.39, 0.29) is 6.61 Å². The second kappa shape index (κ2) is 4.66. The van der Waals surface area contributed by atoms with Crippen LogP contribution in [0.3, 0.4) is 0 Å². The number of rotatable bonds is 4. The molecule has 1 rings (SSSR count). The summed E-state index contributed by atoms with van der Waals surface area (Å²) in [5.41, 5.74) is 0. The van der Waals surface area contributed by atoms with Crippen LogP contribution in [0, 0.1) is 0 Å². The fourth-order valence-electron chi connectivity index (χ4n) is 1.06. The van der Waals surface area contributed by atoms with Crippen LogP contribution in [0.15, 0.2) is 0 Å². The van der Waals surface area contributed by atoms with E-state index in [1.54, 1.807) is 0 Å². The summed E-state index contributed by atoms with van der Waals surface area (Å²) in [6.07, 6.45) is 0.355. The molecule has 2 unspecified atom stereocenters. The Morgan fingerprint density at radius 3 is 3.00 bits per heavy atom. The molecule has 0 aromatic carbocycles. The van der Waals surface area contributed by atoms with Crippen LogP contribution in [0.5, 0.6) is 0 Å². The van der Waals surface area contributed by atoms with Crippen molar-refractivity contribution in [1.29, 1.82) is 0 Å². The molecule has 1 heterocycles.